The minimum atomic E-state index is -2.99. The predicted octanol–water partition coefficient (Wildman–Crippen LogP) is 4.77. The van der Waals surface area contributed by atoms with Gasteiger partial charge in [-0.2, -0.15) is 8.78 Å². The van der Waals surface area contributed by atoms with Crippen molar-refractivity contribution >= 4 is 17.6 Å². The van der Waals surface area contributed by atoms with Gasteiger partial charge in [0.1, 0.15) is 17.2 Å². The number of amides is 1. The van der Waals surface area contributed by atoms with Crippen molar-refractivity contribution in [1.82, 2.24) is 0 Å². The molecule has 0 aliphatic carbocycles. The van der Waals surface area contributed by atoms with Gasteiger partial charge >= 0.3 is 12.6 Å². The van der Waals surface area contributed by atoms with Gasteiger partial charge in [0.05, 0.1) is 18.2 Å². The van der Waals surface area contributed by atoms with Crippen molar-refractivity contribution < 1.29 is 32.6 Å². The van der Waals surface area contributed by atoms with Crippen LogP contribution in [0.3, 0.4) is 0 Å². The molecule has 0 saturated heterocycles. The van der Waals surface area contributed by atoms with Gasteiger partial charge < -0.3 is 19.5 Å². The molecule has 8 heteroatoms. The van der Waals surface area contributed by atoms with E-state index in [0.717, 1.165) is 6.07 Å². The molecule has 0 bridgehead atoms. The number of nitrogens with one attached hydrogen (secondary N) is 1. The fourth-order valence-corrected chi connectivity index (χ4v) is 2.60. The summed E-state index contributed by atoms with van der Waals surface area (Å²) >= 11 is 0. The molecule has 0 heterocycles. The van der Waals surface area contributed by atoms with Crippen LogP contribution in [0.2, 0.25) is 0 Å². The highest BCUT2D eigenvalue weighted by atomic mass is 19.3. The molecule has 1 amide bonds. The van der Waals surface area contributed by atoms with Crippen LogP contribution in [0, 0.1) is 0 Å². The highest BCUT2D eigenvalue weighted by molar-refractivity contribution is 6.06. The van der Waals surface area contributed by atoms with Crippen LogP contribution in [-0.2, 0) is 0 Å². The first-order valence-electron chi connectivity index (χ1n) is 8.78. The van der Waals surface area contributed by atoms with Crippen molar-refractivity contribution in [3.63, 3.8) is 0 Å². The minimum Gasteiger partial charge on any atom is -0.496 e. The fourth-order valence-electron chi connectivity index (χ4n) is 2.60. The quantitative estimate of drug-likeness (QED) is 0.446. The minimum absolute atomic E-state index is 0.0571. The smallest absolute Gasteiger partial charge is 0.387 e. The monoisotopic (exact) mass is 413 g/mol. The van der Waals surface area contributed by atoms with Gasteiger partial charge in [-0.05, 0) is 54.6 Å². The number of benzene rings is 3. The third-order valence-corrected chi connectivity index (χ3v) is 3.97. The third kappa shape index (κ3) is 5.32. The number of carbonyl (C=O) groups is 2. The summed E-state index contributed by atoms with van der Waals surface area (Å²) < 4.78 is 39.3. The number of esters is 1. The van der Waals surface area contributed by atoms with Crippen molar-refractivity contribution in [1.29, 1.82) is 0 Å². The Bertz CT molecular complexity index is 1040. The molecule has 0 aliphatic rings. The van der Waals surface area contributed by atoms with Gasteiger partial charge in [-0.25, -0.2) is 4.79 Å². The van der Waals surface area contributed by atoms with Crippen LogP contribution in [0.25, 0.3) is 0 Å². The van der Waals surface area contributed by atoms with E-state index in [1.807, 2.05) is 0 Å². The van der Waals surface area contributed by atoms with Crippen LogP contribution in [0.4, 0.5) is 14.5 Å². The molecule has 0 unspecified atom stereocenters. The SMILES string of the molecule is COc1ccccc1C(=O)Nc1ccc(OC(=O)c2cccc(OC(F)F)c2)cc1. The van der Waals surface area contributed by atoms with Gasteiger partial charge in [-0.1, -0.05) is 18.2 Å². The lowest BCUT2D eigenvalue weighted by Crippen LogP contribution is -2.13. The summed E-state index contributed by atoms with van der Waals surface area (Å²) in [5.74, 6) is -0.573. The zero-order valence-corrected chi connectivity index (χ0v) is 15.8. The first kappa shape index (κ1) is 20.8. The Morgan fingerprint density at radius 1 is 0.900 bits per heavy atom. The molecule has 3 aromatic carbocycles. The van der Waals surface area contributed by atoms with Crippen molar-refractivity contribution in [2.75, 3.05) is 12.4 Å². The van der Waals surface area contributed by atoms with Crippen LogP contribution in [0.5, 0.6) is 17.2 Å². The van der Waals surface area contributed by atoms with E-state index in [0.29, 0.717) is 17.0 Å². The first-order valence-corrected chi connectivity index (χ1v) is 8.78. The van der Waals surface area contributed by atoms with Crippen molar-refractivity contribution in [3.8, 4) is 17.2 Å². The second-order valence-electron chi connectivity index (χ2n) is 5.97. The van der Waals surface area contributed by atoms with E-state index < -0.39 is 12.6 Å². The summed E-state index contributed by atoms with van der Waals surface area (Å²) in [7, 11) is 1.48. The van der Waals surface area contributed by atoms with Crippen molar-refractivity contribution in [3.05, 3.63) is 83.9 Å². The predicted molar refractivity (Wildman–Crippen MR) is 105 cm³/mol. The number of ether oxygens (including phenoxy) is 3. The van der Waals surface area contributed by atoms with Gasteiger partial charge in [0, 0.05) is 5.69 Å². The van der Waals surface area contributed by atoms with Crippen molar-refractivity contribution in [2.45, 2.75) is 6.61 Å². The summed E-state index contributed by atoms with van der Waals surface area (Å²) in [6.45, 7) is -2.99. The number of alkyl halides is 2. The molecule has 0 atom stereocenters. The number of halogens is 2. The second kappa shape index (κ2) is 9.51. The highest BCUT2D eigenvalue weighted by Crippen LogP contribution is 2.22. The maximum Gasteiger partial charge on any atom is 0.387 e. The van der Waals surface area contributed by atoms with E-state index >= 15 is 0 Å². The Morgan fingerprint density at radius 2 is 1.63 bits per heavy atom. The molecular weight excluding hydrogens is 396 g/mol. The van der Waals surface area contributed by atoms with E-state index in [1.165, 1.54) is 37.4 Å². The van der Waals surface area contributed by atoms with Crippen LogP contribution in [0.15, 0.2) is 72.8 Å². The Morgan fingerprint density at radius 3 is 2.33 bits per heavy atom. The van der Waals surface area contributed by atoms with E-state index in [1.54, 1.807) is 36.4 Å². The molecule has 0 spiro atoms. The number of hydrogen-bond acceptors (Lipinski definition) is 5. The van der Waals surface area contributed by atoms with E-state index in [2.05, 4.69) is 10.1 Å². The molecule has 1 N–H and O–H groups in total. The molecule has 30 heavy (non-hydrogen) atoms. The van der Waals surface area contributed by atoms with E-state index in [-0.39, 0.29) is 23.0 Å². The molecule has 0 aromatic heterocycles. The topological polar surface area (TPSA) is 73.9 Å². The zero-order chi connectivity index (χ0) is 21.5. The summed E-state index contributed by atoms with van der Waals surface area (Å²) in [6, 6.07) is 18.2. The summed E-state index contributed by atoms with van der Waals surface area (Å²) in [6.07, 6.45) is 0. The molecule has 3 rings (SSSR count). The number of hydrogen-bond donors (Lipinski definition) is 1. The Hall–Kier alpha value is -3.94. The average Bonchev–Trinajstić information content (AvgIpc) is 2.74. The number of methoxy groups -OCH3 is 1. The largest absolute Gasteiger partial charge is 0.496 e. The Balaban J connectivity index is 1.64. The Labute approximate surface area is 171 Å². The van der Waals surface area contributed by atoms with Gasteiger partial charge in [0.15, 0.2) is 0 Å². The van der Waals surface area contributed by atoms with Gasteiger partial charge in [0.2, 0.25) is 0 Å². The van der Waals surface area contributed by atoms with Crippen molar-refractivity contribution in [2.24, 2.45) is 0 Å². The van der Waals surface area contributed by atoms with E-state index in [4.69, 9.17) is 9.47 Å². The lowest BCUT2D eigenvalue weighted by atomic mass is 10.2. The number of anilines is 1. The van der Waals surface area contributed by atoms with Gasteiger partial charge in [0.25, 0.3) is 5.91 Å². The molecule has 0 saturated carbocycles. The zero-order valence-electron chi connectivity index (χ0n) is 15.8. The lowest BCUT2D eigenvalue weighted by Gasteiger charge is -2.10. The normalized spacial score (nSPS) is 10.4. The second-order valence-corrected chi connectivity index (χ2v) is 5.97. The third-order valence-electron chi connectivity index (χ3n) is 3.97. The molecule has 3 aromatic rings. The van der Waals surface area contributed by atoms with Gasteiger partial charge in [-0.3, -0.25) is 4.79 Å². The number of carbonyl (C=O) groups excluding carboxylic acids is 2. The van der Waals surface area contributed by atoms with Crippen LogP contribution in [0.1, 0.15) is 20.7 Å². The maximum atomic E-state index is 12.4. The number of rotatable bonds is 7. The average molecular weight is 413 g/mol. The van der Waals surface area contributed by atoms with Crippen LogP contribution >= 0.6 is 0 Å². The number of para-hydroxylation sites is 1. The first-order chi connectivity index (χ1) is 14.5. The lowest BCUT2D eigenvalue weighted by molar-refractivity contribution is -0.0499. The van der Waals surface area contributed by atoms with Crippen LogP contribution in [-0.4, -0.2) is 25.6 Å². The summed E-state index contributed by atoms with van der Waals surface area (Å²) in [5.41, 5.74) is 0.918. The van der Waals surface area contributed by atoms with Gasteiger partial charge in [-0.15, -0.1) is 0 Å². The summed E-state index contributed by atoms with van der Waals surface area (Å²) in [5, 5.41) is 2.72. The standard InChI is InChI=1S/C22H17F2NO5/c1-28-19-8-3-2-7-18(19)20(26)25-15-9-11-16(12-10-15)29-21(27)14-5-4-6-17(13-14)30-22(23)24/h2-13,22H,1H3,(H,25,26). The molecule has 0 aliphatic heterocycles. The fraction of sp³-hybridized carbons (Fsp3) is 0.0909. The highest BCUT2D eigenvalue weighted by Gasteiger charge is 2.13. The molecular formula is C22H17F2NO5. The Kier molecular flexibility index (Phi) is 6.59. The molecule has 154 valence electrons. The summed E-state index contributed by atoms with van der Waals surface area (Å²) in [4.78, 5) is 24.6. The molecule has 0 fully saturated rings. The van der Waals surface area contributed by atoms with E-state index in [9.17, 15) is 18.4 Å². The molecule has 6 nitrogen and oxygen atoms in total. The molecule has 0 radical (unpaired) electrons. The van der Waals surface area contributed by atoms with Crippen LogP contribution < -0.4 is 19.5 Å². The maximum absolute atomic E-state index is 12.4.